The molecule has 0 aliphatic carbocycles. The summed E-state index contributed by atoms with van der Waals surface area (Å²) in [5.41, 5.74) is 0. The molecule has 0 radical (unpaired) electrons. The predicted octanol–water partition coefficient (Wildman–Crippen LogP) is -0.374. The van der Waals surface area contributed by atoms with Gasteiger partial charge in [0.25, 0.3) is 10.1 Å². The molecule has 0 amide bonds. The highest BCUT2D eigenvalue weighted by molar-refractivity contribution is 7.85. The van der Waals surface area contributed by atoms with E-state index in [1.165, 1.54) is 0 Å². The molecular formula is C5H11NO3S. The van der Waals surface area contributed by atoms with Gasteiger partial charge in [-0.25, -0.2) is 0 Å². The largest absolute Gasteiger partial charge is 0.313 e. The Hall–Kier alpha value is -0.130. The molecule has 1 heterocycles. The van der Waals surface area contributed by atoms with E-state index < -0.39 is 10.1 Å². The Balaban J connectivity index is 2.38. The Kier molecular flexibility index (Phi) is 2.28. The highest BCUT2D eigenvalue weighted by atomic mass is 32.2. The Labute approximate surface area is 60.4 Å². The van der Waals surface area contributed by atoms with E-state index >= 15 is 0 Å². The molecule has 0 aromatic rings. The molecule has 0 unspecified atom stereocenters. The molecule has 0 saturated carbocycles. The average molecular weight is 165 g/mol. The first-order chi connectivity index (χ1) is 4.58. The van der Waals surface area contributed by atoms with Gasteiger partial charge in [-0.05, 0) is 19.4 Å². The van der Waals surface area contributed by atoms with E-state index in [1.807, 2.05) is 0 Å². The van der Waals surface area contributed by atoms with Crippen molar-refractivity contribution >= 4 is 10.1 Å². The van der Waals surface area contributed by atoms with Crippen LogP contribution in [0.5, 0.6) is 0 Å². The van der Waals surface area contributed by atoms with E-state index in [2.05, 4.69) is 5.32 Å². The maximum atomic E-state index is 10.3. The second kappa shape index (κ2) is 2.86. The van der Waals surface area contributed by atoms with Gasteiger partial charge < -0.3 is 5.32 Å². The van der Waals surface area contributed by atoms with Gasteiger partial charge in [0.2, 0.25) is 0 Å². The monoisotopic (exact) mass is 165 g/mol. The van der Waals surface area contributed by atoms with Gasteiger partial charge in [0.15, 0.2) is 0 Å². The van der Waals surface area contributed by atoms with Crippen molar-refractivity contribution < 1.29 is 13.0 Å². The summed E-state index contributed by atoms with van der Waals surface area (Å²) in [6.07, 6.45) is 1.85. The third kappa shape index (κ3) is 2.64. The van der Waals surface area contributed by atoms with Crippen LogP contribution in [0, 0.1) is 0 Å². The van der Waals surface area contributed by atoms with E-state index in [4.69, 9.17) is 4.55 Å². The molecule has 1 aliphatic rings. The summed E-state index contributed by atoms with van der Waals surface area (Å²) in [4.78, 5) is 0. The summed E-state index contributed by atoms with van der Waals surface area (Å²) in [6, 6.07) is -0.0324. The van der Waals surface area contributed by atoms with Crippen molar-refractivity contribution in [1.29, 1.82) is 0 Å². The summed E-state index contributed by atoms with van der Waals surface area (Å²) in [7, 11) is -3.77. The third-order valence-corrected chi connectivity index (χ3v) is 2.40. The first kappa shape index (κ1) is 7.97. The molecule has 0 bridgehead atoms. The van der Waals surface area contributed by atoms with E-state index in [-0.39, 0.29) is 11.8 Å². The molecule has 0 aromatic carbocycles. The minimum Gasteiger partial charge on any atom is -0.313 e. The maximum Gasteiger partial charge on any atom is 0.266 e. The van der Waals surface area contributed by atoms with Crippen molar-refractivity contribution in [2.24, 2.45) is 0 Å². The fourth-order valence-corrected chi connectivity index (χ4v) is 1.95. The van der Waals surface area contributed by atoms with E-state index in [9.17, 15) is 8.42 Å². The normalized spacial score (nSPS) is 27.1. The summed E-state index contributed by atoms with van der Waals surface area (Å²) >= 11 is 0. The van der Waals surface area contributed by atoms with Crippen LogP contribution in [0.15, 0.2) is 0 Å². The van der Waals surface area contributed by atoms with E-state index in [0.717, 1.165) is 19.4 Å². The summed E-state index contributed by atoms with van der Waals surface area (Å²) in [5.74, 6) is -0.146. The Morgan fingerprint density at radius 3 is 2.70 bits per heavy atom. The third-order valence-electron chi connectivity index (χ3n) is 1.57. The zero-order valence-electron chi connectivity index (χ0n) is 5.58. The van der Waals surface area contributed by atoms with Crippen molar-refractivity contribution in [2.75, 3.05) is 12.3 Å². The minimum absolute atomic E-state index is 0.0324. The lowest BCUT2D eigenvalue weighted by atomic mass is 10.3. The molecule has 5 heteroatoms. The lowest BCUT2D eigenvalue weighted by Gasteiger charge is -2.05. The molecule has 0 aromatic heterocycles. The van der Waals surface area contributed by atoms with Gasteiger partial charge in [0.1, 0.15) is 0 Å². The van der Waals surface area contributed by atoms with Crippen LogP contribution in [-0.2, 0) is 10.1 Å². The van der Waals surface area contributed by atoms with Crippen LogP contribution < -0.4 is 5.32 Å². The SMILES string of the molecule is O=S(=O)(O)C[C@H]1CCCN1. The smallest absolute Gasteiger partial charge is 0.266 e. The standard InChI is InChI=1S/C5H11NO3S/c7-10(8,9)4-5-2-1-3-6-5/h5-6H,1-4H2,(H,7,8,9)/t5-/m1/s1. The lowest BCUT2D eigenvalue weighted by molar-refractivity contribution is 0.473. The molecule has 10 heavy (non-hydrogen) atoms. The Morgan fingerprint density at radius 2 is 2.30 bits per heavy atom. The maximum absolute atomic E-state index is 10.3. The molecule has 1 fully saturated rings. The number of nitrogens with one attached hydrogen (secondary N) is 1. The van der Waals surface area contributed by atoms with Gasteiger partial charge in [-0.2, -0.15) is 8.42 Å². The summed E-state index contributed by atoms with van der Waals surface area (Å²) in [5, 5.41) is 2.97. The molecule has 1 aliphatic heterocycles. The quantitative estimate of drug-likeness (QED) is 0.548. The van der Waals surface area contributed by atoms with Crippen LogP contribution in [0.25, 0.3) is 0 Å². The second-order valence-electron chi connectivity index (χ2n) is 2.54. The molecule has 2 N–H and O–H groups in total. The summed E-state index contributed by atoms with van der Waals surface area (Å²) in [6.45, 7) is 0.861. The highest BCUT2D eigenvalue weighted by Gasteiger charge is 2.19. The van der Waals surface area contributed by atoms with Crippen LogP contribution in [0.1, 0.15) is 12.8 Å². The van der Waals surface area contributed by atoms with Crippen molar-refractivity contribution in [3.8, 4) is 0 Å². The van der Waals surface area contributed by atoms with Crippen LogP contribution >= 0.6 is 0 Å². The Morgan fingerprint density at radius 1 is 1.60 bits per heavy atom. The molecule has 1 rings (SSSR count). The van der Waals surface area contributed by atoms with E-state index in [0.29, 0.717) is 0 Å². The zero-order valence-corrected chi connectivity index (χ0v) is 6.39. The predicted molar refractivity (Wildman–Crippen MR) is 37.4 cm³/mol. The fraction of sp³-hybridized carbons (Fsp3) is 1.00. The summed E-state index contributed by atoms with van der Waals surface area (Å²) < 4.78 is 29.0. The topological polar surface area (TPSA) is 66.4 Å². The lowest BCUT2D eigenvalue weighted by Crippen LogP contribution is -2.29. The molecule has 0 spiro atoms. The molecule has 60 valence electrons. The van der Waals surface area contributed by atoms with Gasteiger partial charge in [0.05, 0.1) is 5.75 Å². The first-order valence-corrected chi connectivity index (χ1v) is 4.87. The molecule has 1 saturated heterocycles. The Bertz CT molecular complexity index is 193. The van der Waals surface area contributed by atoms with Crippen LogP contribution in [-0.4, -0.2) is 31.3 Å². The zero-order chi connectivity index (χ0) is 7.61. The van der Waals surface area contributed by atoms with Crippen molar-refractivity contribution in [3.63, 3.8) is 0 Å². The number of hydrogen-bond donors (Lipinski definition) is 2. The van der Waals surface area contributed by atoms with Gasteiger partial charge >= 0.3 is 0 Å². The molecule has 1 atom stereocenters. The molecule has 4 nitrogen and oxygen atoms in total. The fourth-order valence-electron chi connectivity index (χ4n) is 1.15. The van der Waals surface area contributed by atoms with Crippen molar-refractivity contribution in [2.45, 2.75) is 18.9 Å². The second-order valence-corrected chi connectivity index (χ2v) is 4.04. The molecular weight excluding hydrogens is 154 g/mol. The van der Waals surface area contributed by atoms with Crippen molar-refractivity contribution in [3.05, 3.63) is 0 Å². The van der Waals surface area contributed by atoms with Crippen LogP contribution in [0.3, 0.4) is 0 Å². The number of rotatable bonds is 2. The number of hydrogen-bond acceptors (Lipinski definition) is 3. The van der Waals surface area contributed by atoms with Gasteiger partial charge in [-0.3, -0.25) is 4.55 Å². The minimum atomic E-state index is -3.77. The van der Waals surface area contributed by atoms with Gasteiger partial charge in [-0.15, -0.1) is 0 Å². The average Bonchev–Trinajstić information content (AvgIpc) is 2.12. The van der Waals surface area contributed by atoms with Crippen LogP contribution in [0.4, 0.5) is 0 Å². The highest BCUT2D eigenvalue weighted by Crippen LogP contribution is 2.06. The van der Waals surface area contributed by atoms with Gasteiger partial charge in [0, 0.05) is 6.04 Å². The van der Waals surface area contributed by atoms with Crippen molar-refractivity contribution in [1.82, 2.24) is 5.32 Å². The van der Waals surface area contributed by atoms with E-state index in [1.54, 1.807) is 0 Å². The van der Waals surface area contributed by atoms with Crippen LogP contribution in [0.2, 0.25) is 0 Å². The first-order valence-electron chi connectivity index (χ1n) is 3.26. The van der Waals surface area contributed by atoms with Gasteiger partial charge in [-0.1, -0.05) is 0 Å².